The second kappa shape index (κ2) is 6.40. The van der Waals surface area contributed by atoms with Crippen LogP contribution in [0, 0.1) is 5.92 Å². The van der Waals surface area contributed by atoms with Gasteiger partial charge in [-0.3, -0.25) is 4.79 Å². The molecule has 0 aromatic heterocycles. The van der Waals surface area contributed by atoms with E-state index in [2.05, 4.69) is 5.32 Å². The summed E-state index contributed by atoms with van der Waals surface area (Å²) in [4.78, 5) is 22.3. The summed E-state index contributed by atoms with van der Waals surface area (Å²) in [7, 11) is 0. The summed E-state index contributed by atoms with van der Waals surface area (Å²) in [5, 5.41) is 2.56. The van der Waals surface area contributed by atoms with Gasteiger partial charge >= 0.3 is 6.09 Å². The summed E-state index contributed by atoms with van der Waals surface area (Å²) in [6.07, 6.45) is 0.324. The van der Waals surface area contributed by atoms with Crippen LogP contribution in [-0.2, 0) is 9.53 Å². The second-order valence-electron chi connectivity index (χ2n) is 3.34. The summed E-state index contributed by atoms with van der Waals surface area (Å²) >= 11 is 0. The fourth-order valence-electron chi connectivity index (χ4n) is 1.18. The molecule has 0 fully saturated rings. The minimum absolute atomic E-state index is 0.0348. The standard InChI is InChI=1S/C10H19NO3/c1-5-7(3)9(8(4)12)11-10(13)14-6-2/h7,9H,5-6H2,1-4H3,(H,11,13). The van der Waals surface area contributed by atoms with Crippen LogP contribution in [0.15, 0.2) is 0 Å². The van der Waals surface area contributed by atoms with Crippen LogP contribution in [0.4, 0.5) is 4.79 Å². The molecule has 0 aromatic rings. The van der Waals surface area contributed by atoms with Crippen molar-refractivity contribution in [1.29, 1.82) is 0 Å². The SMILES string of the molecule is CCOC(=O)NC(C(C)=O)C(C)CC. The summed E-state index contributed by atoms with van der Waals surface area (Å²) in [6.45, 7) is 7.43. The van der Waals surface area contributed by atoms with Crippen LogP contribution in [0.5, 0.6) is 0 Å². The lowest BCUT2D eigenvalue weighted by molar-refractivity contribution is -0.120. The molecule has 14 heavy (non-hydrogen) atoms. The molecular weight excluding hydrogens is 182 g/mol. The molecule has 0 saturated heterocycles. The number of ether oxygens (including phenoxy) is 1. The average molecular weight is 201 g/mol. The number of amides is 1. The Balaban J connectivity index is 4.23. The molecule has 1 N–H and O–H groups in total. The van der Waals surface area contributed by atoms with Crippen LogP contribution in [0.3, 0.4) is 0 Å². The number of carbonyl (C=O) groups excluding carboxylic acids is 2. The minimum atomic E-state index is -0.520. The highest BCUT2D eigenvalue weighted by Gasteiger charge is 2.22. The Bertz CT molecular complexity index is 204. The number of nitrogens with one attached hydrogen (secondary N) is 1. The summed E-state index contributed by atoms with van der Waals surface area (Å²) in [6, 6.07) is -0.431. The third kappa shape index (κ3) is 4.25. The number of alkyl carbamates (subject to hydrolysis) is 1. The fourth-order valence-corrected chi connectivity index (χ4v) is 1.18. The zero-order valence-electron chi connectivity index (χ0n) is 9.29. The first kappa shape index (κ1) is 12.9. The van der Waals surface area contributed by atoms with Crippen molar-refractivity contribution in [3.63, 3.8) is 0 Å². The lowest BCUT2D eigenvalue weighted by Gasteiger charge is -2.20. The van der Waals surface area contributed by atoms with Crippen molar-refractivity contribution < 1.29 is 14.3 Å². The molecule has 0 rings (SSSR count). The molecule has 0 radical (unpaired) electrons. The van der Waals surface area contributed by atoms with Crippen molar-refractivity contribution in [3.05, 3.63) is 0 Å². The first-order chi connectivity index (χ1) is 6.52. The molecule has 0 aliphatic rings. The number of hydrogen-bond acceptors (Lipinski definition) is 3. The zero-order valence-corrected chi connectivity index (χ0v) is 9.29. The van der Waals surface area contributed by atoms with Gasteiger partial charge in [-0.15, -0.1) is 0 Å². The molecule has 0 saturated carbocycles. The second-order valence-corrected chi connectivity index (χ2v) is 3.34. The number of rotatable bonds is 5. The van der Waals surface area contributed by atoms with E-state index in [0.29, 0.717) is 6.61 Å². The Labute approximate surface area is 85.0 Å². The predicted octanol–water partition coefficient (Wildman–Crippen LogP) is 1.74. The topological polar surface area (TPSA) is 55.4 Å². The van der Waals surface area contributed by atoms with Crippen LogP contribution in [-0.4, -0.2) is 24.5 Å². The molecule has 4 nitrogen and oxygen atoms in total. The van der Waals surface area contributed by atoms with Gasteiger partial charge in [0.05, 0.1) is 12.6 Å². The molecule has 0 bridgehead atoms. The Morgan fingerprint density at radius 3 is 2.29 bits per heavy atom. The molecule has 0 heterocycles. The van der Waals surface area contributed by atoms with Gasteiger partial charge in [0.15, 0.2) is 5.78 Å². The van der Waals surface area contributed by atoms with Crippen LogP contribution in [0.2, 0.25) is 0 Å². The van der Waals surface area contributed by atoms with E-state index in [-0.39, 0.29) is 11.7 Å². The molecule has 0 spiro atoms. The quantitative estimate of drug-likeness (QED) is 0.737. The third-order valence-electron chi connectivity index (χ3n) is 2.20. The van der Waals surface area contributed by atoms with E-state index in [1.807, 2.05) is 13.8 Å². The molecule has 2 atom stereocenters. The predicted molar refractivity (Wildman–Crippen MR) is 54.1 cm³/mol. The maximum absolute atomic E-state index is 11.2. The fraction of sp³-hybridized carbons (Fsp3) is 0.800. The van der Waals surface area contributed by atoms with E-state index in [1.165, 1.54) is 6.92 Å². The molecule has 2 unspecified atom stereocenters. The maximum atomic E-state index is 11.2. The van der Waals surface area contributed by atoms with Gasteiger partial charge in [-0.25, -0.2) is 4.79 Å². The van der Waals surface area contributed by atoms with Crippen molar-refractivity contribution in [1.82, 2.24) is 5.32 Å². The highest BCUT2D eigenvalue weighted by atomic mass is 16.5. The van der Waals surface area contributed by atoms with E-state index in [1.54, 1.807) is 6.92 Å². The molecule has 4 heteroatoms. The molecule has 0 aromatic carbocycles. The van der Waals surface area contributed by atoms with Crippen molar-refractivity contribution in [2.45, 2.75) is 40.2 Å². The highest BCUT2D eigenvalue weighted by molar-refractivity contribution is 5.85. The maximum Gasteiger partial charge on any atom is 0.407 e. The van der Waals surface area contributed by atoms with E-state index in [4.69, 9.17) is 4.74 Å². The van der Waals surface area contributed by atoms with Gasteiger partial charge in [-0.1, -0.05) is 20.3 Å². The Morgan fingerprint density at radius 2 is 1.93 bits per heavy atom. The Morgan fingerprint density at radius 1 is 1.36 bits per heavy atom. The molecule has 82 valence electrons. The Kier molecular flexibility index (Phi) is 5.92. The van der Waals surface area contributed by atoms with Crippen molar-refractivity contribution in [3.8, 4) is 0 Å². The first-order valence-electron chi connectivity index (χ1n) is 4.96. The van der Waals surface area contributed by atoms with Crippen molar-refractivity contribution in [2.24, 2.45) is 5.92 Å². The number of ketones is 1. The van der Waals surface area contributed by atoms with Crippen molar-refractivity contribution >= 4 is 11.9 Å². The van der Waals surface area contributed by atoms with Crippen LogP contribution in [0.1, 0.15) is 34.1 Å². The smallest absolute Gasteiger partial charge is 0.407 e. The third-order valence-corrected chi connectivity index (χ3v) is 2.20. The summed E-state index contributed by atoms with van der Waals surface area (Å²) in [5.74, 6) is 0.101. The average Bonchev–Trinajstić information content (AvgIpc) is 2.13. The number of carbonyl (C=O) groups is 2. The highest BCUT2D eigenvalue weighted by Crippen LogP contribution is 2.08. The van der Waals surface area contributed by atoms with Crippen molar-refractivity contribution in [2.75, 3.05) is 6.61 Å². The van der Waals surface area contributed by atoms with Gasteiger partial charge in [0.25, 0.3) is 0 Å². The van der Waals surface area contributed by atoms with Gasteiger partial charge in [-0.05, 0) is 19.8 Å². The van der Waals surface area contributed by atoms with Gasteiger partial charge < -0.3 is 10.1 Å². The summed E-state index contributed by atoms with van der Waals surface area (Å²) < 4.78 is 4.71. The van der Waals surface area contributed by atoms with E-state index in [0.717, 1.165) is 6.42 Å². The number of hydrogen-bond donors (Lipinski definition) is 1. The minimum Gasteiger partial charge on any atom is -0.450 e. The monoisotopic (exact) mass is 201 g/mol. The van der Waals surface area contributed by atoms with Gasteiger partial charge in [-0.2, -0.15) is 0 Å². The van der Waals surface area contributed by atoms with Gasteiger partial charge in [0, 0.05) is 0 Å². The normalized spacial score (nSPS) is 14.3. The first-order valence-corrected chi connectivity index (χ1v) is 4.96. The Hall–Kier alpha value is -1.06. The van der Waals surface area contributed by atoms with E-state index >= 15 is 0 Å². The van der Waals surface area contributed by atoms with E-state index in [9.17, 15) is 9.59 Å². The van der Waals surface area contributed by atoms with Crippen LogP contribution in [0.25, 0.3) is 0 Å². The molecule has 1 amide bonds. The number of Topliss-reactive ketones (excluding diaryl/α,β-unsaturated/α-hetero) is 1. The van der Waals surface area contributed by atoms with E-state index < -0.39 is 12.1 Å². The lowest BCUT2D eigenvalue weighted by atomic mass is 9.96. The van der Waals surface area contributed by atoms with Gasteiger partial charge in [0.1, 0.15) is 0 Å². The molecule has 0 aliphatic heterocycles. The van der Waals surface area contributed by atoms with Gasteiger partial charge in [0.2, 0.25) is 0 Å². The summed E-state index contributed by atoms with van der Waals surface area (Å²) in [5.41, 5.74) is 0. The van der Waals surface area contributed by atoms with Crippen LogP contribution < -0.4 is 5.32 Å². The largest absolute Gasteiger partial charge is 0.450 e. The lowest BCUT2D eigenvalue weighted by Crippen LogP contribution is -2.44. The van der Waals surface area contributed by atoms with Crippen LogP contribution >= 0.6 is 0 Å². The molecular formula is C10H19NO3. The zero-order chi connectivity index (χ0) is 11.1. The molecule has 0 aliphatic carbocycles.